The van der Waals surface area contributed by atoms with Gasteiger partial charge in [0.2, 0.25) is 0 Å². The van der Waals surface area contributed by atoms with E-state index in [9.17, 15) is 10.1 Å². The molecule has 0 aliphatic carbocycles. The van der Waals surface area contributed by atoms with Gasteiger partial charge in [-0.25, -0.2) is 0 Å². The van der Waals surface area contributed by atoms with Gasteiger partial charge in [-0.3, -0.25) is 15.1 Å². The lowest BCUT2D eigenvalue weighted by Crippen LogP contribution is -2.25. The van der Waals surface area contributed by atoms with E-state index in [2.05, 4.69) is 20.1 Å². The van der Waals surface area contributed by atoms with Gasteiger partial charge in [0.05, 0.1) is 22.0 Å². The van der Waals surface area contributed by atoms with Crippen LogP contribution < -0.4 is 4.90 Å². The Kier molecular flexibility index (Phi) is 3.37. The summed E-state index contributed by atoms with van der Waals surface area (Å²) in [5.74, 6) is 0.898. The van der Waals surface area contributed by atoms with Crippen molar-refractivity contribution in [3.63, 3.8) is 0 Å². The van der Waals surface area contributed by atoms with Gasteiger partial charge in [-0.05, 0) is 31.0 Å². The molecule has 3 heterocycles. The van der Waals surface area contributed by atoms with Crippen LogP contribution in [0.4, 0.5) is 11.4 Å². The van der Waals surface area contributed by atoms with Crippen LogP contribution in [0.5, 0.6) is 0 Å². The number of aryl methyl sites for hydroxylation is 1. The molecule has 0 N–H and O–H groups in total. The summed E-state index contributed by atoms with van der Waals surface area (Å²) in [6.07, 6.45) is 5.36. The third-order valence-corrected chi connectivity index (χ3v) is 4.53. The van der Waals surface area contributed by atoms with Crippen molar-refractivity contribution in [2.24, 2.45) is 7.05 Å². The molecule has 0 spiro atoms. The molecule has 1 aliphatic heterocycles. The van der Waals surface area contributed by atoms with Crippen molar-refractivity contribution in [2.75, 3.05) is 11.4 Å². The Morgan fingerprint density at radius 3 is 2.96 bits per heavy atom. The van der Waals surface area contributed by atoms with E-state index >= 15 is 0 Å². The zero-order chi connectivity index (χ0) is 16.7. The second-order valence-corrected chi connectivity index (χ2v) is 5.91. The molecule has 1 aromatic carbocycles. The summed E-state index contributed by atoms with van der Waals surface area (Å²) >= 11 is 0. The molecule has 2 aromatic heterocycles. The van der Waals surface area contributed by atoms with E-state index in [1.807, 2.05) is 11.6 Å². The molecule has 0 amide bonds. The summed E-state index contributed by atoms with van der Waals surface area (Å²) in [6, 6.07) is 6.93. The third-order valence-electron chi connectivity index (χ3n) is 4.53. The average Bonchev–Trinajstić information content (AvgIpc) is 3.22. The van der Waals surface area contributed by atoms with E-state index in [0.717, 1.165) is 30.9 Å². The fraction of sp³-hybridized carbons (Fsp3) is 0.312. The summed E-state index contributed by atoms with van der Waals surface area (Å²) in [5, 5.41) is 20.1. The van der Waals surface area contributed by atoms with Crippen LogP contribution in [0.1, 0.15) is 24.7 Å². The molecule has 8 nitrogen and oxygen atoms in total. The normalized spacial score (nSPS) is 17.5. The minimum Gasteiger partial charge on any atom is -0.359 e. The monoisotopic (exact) mass is 324 g/mol. The Bertz CT molecular complexity index is 922. The molecule has 8 heteroatoms. The first-order valence-corrected chi connectivity index (χ1v) is 7.79. The zero-order valence-corrected chi connectivity index (χ0v) is 13.2. The number of nitro benzene ring substituents is 1. The molecular weight excluding hydrogens is 308 g/mol. The fourth-order valence-electron chi connectivity index (χ4n) is 3.45. The first-order chi connectivity index (χ1) is 11.7. The highest BCUT2D eigenvalue weighted by Crippen LogP contribution is 2.40. The van der Waals surface area contributed by atoms with E-state index in [1.54, 1.807) is 36.8 Å². The predicted molar refractivity (Wildman–Crippen MR) is 88.7 cm³/mol. The van der Waals surface area contributed by atoms with E-state index < -0.39 is 0 Å². The lowest BCUT2D eigenvalue weighted by atomic mass is 10.1. The number of pyridine rings is 1. The second-order valence-electron chi connectivity index (χ2n) is 5.91. The molecule has 0 saturated carbocycles. The van der Waals surface area contributed by atoms with Gasteiger partial charge in [-0.1, -0.05) is 0 Å². The maximum absolute atomic E-state index is 11.3. The molecule has 24 heavy (non-hydrogen) atoms. The Hall–Kier alpha value is -3.03. The van der Waals surface area contributed by atoms with Crippen LogP contribution in [0, 0.1) is 10.1 Å². The van der Waals surface area contributed by atoms with Crippen molar-refractivity contribution in [3.8, 4) is 0 Å². The standard InChI is InChI=1S/C16H16N6O2/c1-20-10-18-19-16(20)14-5-3-9-21(14)13-7-6-12(22(23)24)11-4-2-8-17-15(11)13/h2,4,6-8,10,14H,3,5,9H2,1H3. The van der Waals surface area contributed by atoms with Crippen LogP contribution in [0.2, 0.25) is 0 Å². The maximum Gasteiger partial charge on any atom is 0.278 e. The van der Waals surface area contributed by atoms with Gasteiger partial charge in [0.15, 0.2) is 5.82 Å². The van der Waals surface area contributed by atoms with Crippen LogP contribution in [0.15, 0.2) is 36.8 Å². The Morgan fingerprint density at radius 1 is 1.33 bits per heavy atom. The number of hydrogen-bond donors (Lipinski definition) is 0. The molecule has 0 bridgehead atoms. The van der Waals surface area contributed by atoms with Gasteiger partial charge < -0.3 is 9.47 Å². The molecule has 1 fully saturated rings. The Morgan fingerprint density at radius 2 is 2.21 bits per heavy atom. The summed E-state index contributed by atoms with van der Waals surface area (Å²) in [6.45, 7) is 0.862. The smallest absolute Gasteiger partial charge is 0.278 e. The van der Waals surface area contributed by atoms with Gasteiger partial charge in [-0.2, -0.15) is 0 Å². The number of nitrogens with zero attached hydrogens (tertiary/aromatic N) is 6. The highest BCUT2D eigenvalue weighted by molar-refractivity contribution is 5.97. The Balaban J connectivity index is 1.86. The van der Waals surface area contributed by atoms with Crippen LogP contribution in [0.25, 0.3) is 10.9 Å². The Labute approximate surface area is 137 Å². The largest absolute Gasteiger partial charge is 0.359 e. The third kappa shape index (κ3) is 2.18. The van der Waals surface area contributed by atoms with Crippen molar-refractivity contribution >= 4 is 22.3 Å². The lowest BCUT2D eigenvalue weighted by Gasteiger charge is -2.26. The first-order valence-electron chi connectivity index (χ1n) is 7.79. The van der Waals surface area contributed by atoms with Crippen molar-refractivity contribution in [3.05, 3.63) is 52.7 Å². The molecule has 3 aromatic rings. The van der Waals surface area contributed by atoms with Gasteiger partial charge in [-0.15, -0.1) is 10.2 Å². The van der Waals surface area contributed by atoms with Crippen molar-refractivity contribution in [2.45, 2.75) is 18.9 Å². The zero-order valence-electron chi connectivity index (χ0n) is 13.2. The number of non-ortho nitro benzene ring substituents is 1. The number of aromatic nitrogens is 4. The predicted octanol–water partition coefficient (Wildman–Crippen LogP) is 2.61. The average molecular weight is 324 g/mol. The molecule has 1 aliphatic rings. The number of anilines is 1. The van der Waals surface area contributed by atoms with Crippen LogP contribution in [0.3, 0.4) is 0 Å². The molecule has 4 rings (SSSR count). The number of nitro groups is 1. The summed E-state index contributed by atoms with van der Waals surface area (Å²) < 4.78 is 1.92. The molecule has 1 atom stereocenters. The van der Waals surface area contributed by atoms with E-state index in [1.165, 1.54) is 0 Å². The first kappa shape index (κ1) is 14.6. The van der Waals surface area contributed by atoms with Gasteiger partial charge in [0.25, 0.3) is 5.69 Å². The molecule has 1 saturated heterocycles. The lowest BCUT2D eigenvalue weighted by molar-refractivity contribution is -0.383. The highest BCUT2D eigenvalue weighted by atomic mass is 16.6. The summed E-state index contributed by atoms with van der Waals surface area (Å²) in [5.41, 5.74) is 1.64. The van der Waals surface area contributed by atoms with E-state index in [-0.39, 0.29) is 16.7 Å². The number of rotatable bonds is 3. The molecular formula is C16H16N6O2. The van der Waals surface area contributed by atoms with Gasteiger partial charge >= 0.3 is 0 Å². The van der Waals surface area contributed by atoms with E-state index in [0.29, 0.717) is 10.9 Å². The molecule has 0 radical (unpaired) electrons. The van der Waals surface area contributed by atoms with Crippen LogP contribution in [-0.4, -0.2) is 31.2 Å². The van der Waals surface area contributed by atoms with Crippen LogP contribution in [-0.2, 0) is 7.05 Å². The van der Waals surface area contributed by atoms with Gasteiger partial charge in [0, 0.05) is 25.9 Å². The van der Waals surface area contributed by atoms with Crippen molar-refractivity contribution in [1.82, 2.24) is 19.7 Å². The van der Waals surface area contributed by atoms with Crippen molar-refractivity contribution < 1.29 is 4.92 Å². The molecule has 122 valence electrons. The number of benzene rings is 1. The SMILES string of the molecule is Cn1cnnc1C1CCCN1c1ccc([N+](=O)[O-])c2cccnc12. The number of hydrogen-bond acceptors (Lipinski definition) is 6. The van der Waals surface area contributed by atoms with Gasteiger partial charge in [0.1, 0.15) is 11.8 Å². The highest BCUT2D eigenvalue weighted by Gasteiger charge is 2.31. The fourth-order valence-corrected chi connectivity index (χ4v) is 3.45. The van der Waals surface area contributed by atoms with Crippen LogP contribution >= 0.6 is 0 Å². The maximum atomic E-state index is 11.3. The topological polar surface area (TPSA) is 90.0 Å². The second kappa shape index (κ2) is 5.55. The summed E-state index contributed by atoms with van der Waals surface area (Å²) in [7, 11) is 1.93. The number of fused-ring (bicyclic) bond motifs is 1. The molecule has 1 unspecified atom stereocenters. The van der Waals surface area contributed by atoms with Crippen molar-refractivity contribution in [1.29, 1.82) is 0 Å². The summed E-state index contributed by atoms with van der Waals surface area (Å²) in [4.78, 5) is 17.6. The minimum atomic E-state index is -0.363. The van der Waals surface area contributed by atoms with E-state index in [4.69, 9.17) is 0 Å². The quantitative estimate of drug-likeness (QED) is 0.543. The minimum absolute atomic E-state index is 0.0799.